The highest BCUT2D eigenvalue weighted by molar-refractivity contribution is 7.19. The summed E-state index contributed by atoms with van der Waals surface area (Å²) < 4.78 is 1.33. The van der Waals surface area contributed by atoms with Crippen LogP contribution in [0.1, 0.15) is 22.2 Å². The molecule has 0 saturated carbocycles. The molecule has 24 heavy (non-hydrogen) atoms. The second-order valence-corrected chi connectivity index (χ2v) is 6.33. The standard InChI is InChI=1S/C9H11N3O.C9H9NS/c1-6(10)12-9(13)7-3-2-4-8(11)5-7;10-6-8-5-7-3-1-2-4-9(7)11-8/h2-5H,11H2,1H3,(H2,10,12,13);1-5H,6,10H2. The summed E-state index contributed by atoms with van der Waals surface area (Å²) in [6.45, 7) is 2.16. The third kappa shape index (κ3) is 4.91. The maximum absolute atomic E-state index is 11.3. The number of thiophene rings is 1. The second kappa shape index (κ2) is 8.24. The first-order valence-corrected chi connectivity index (χ1v) is 8.21. The van der Waals surface area contributed by atoms with Crippen molar-refractivity contribution in [3.8, 4) is 0 Å². The summed E-state index contributed by atoms with van der Waals surface area (Å²) >= 11 is 1.77. The number of rotatable bonds is 2. The van der Waals surface area contributed by atoms with Gasteiger partial charge in [0.05, 0.1) is 5.84 Å². The van der Waals surface area contributed by atoms with Gasteiger partial charge >= 0.3 is 0 Å². The molecule has 1 amide bonds. The molecule has 2 aromatic carbocycles. The first-order valence-electron chi connectivity index (χ1n) is 7.39. The van der Waals surface area contributed by atoms with E-state index in [1.807, 2.05) is 0 Å². The normalized spacial score (nSPS) is 9.92. The predicted octanol–water partition coefficient (Wildman–Crippen LogP) is 3.36. The third-order valence-electron chi connectivity index (χ3n) is 3.13. The van der Waals surface area contributed by atoms with Crippen LogP contribution >= 0.6 is 11.3 Å². The Morgan fingerprint density at radius 3 is 2.54 bits per heavy atom. The number of nitrogens with one attached hydrogen (secondary N) is 2. The molecule has 0 radical (unpaired) electrons. The van der Waals surface area contributed by atoms with Gasteiger partial charge in [0.15, 0.2) is 0 Å². The van der Waals surface area contributed by atoms with Gasteiger partial charge in [-0.25, -0.2) is 0 Å². The van der Waals surface area contributed by atoms with Crippen LogP contribution in [-0.2, 0) is 6.54 Å². The van der Waals surface area contributed by atoms with Crippen molar-refractivity contribution < 1.29 is 4.79 Å². The maximum Gasteiger partial charge on any atom is 0.256 e. The summed E-state index contributed by atoms with van der Waals surface area (Å²) in [5.41, 5.74) is 12.0. The predicted molar refractivity (Wildman–Crippen MR) is 101 cm³/mol. The maximum atomic E-state index is 11.3. The van der Waals surface area contributed by atoms with Crippen LogP contribution in [0.25, 0.3) is 10.1 Å². The first kappa shape index (κ1) is 17.7. The van der Waals surface area contributed by atoms with E-state index in [2.05, 4.69) is 35.6 Å². The Balaban J connectivity index is 0.000000175. The van der Waals surface area contributed by atoms with E-state index < -0.39 is 0 Å². The van der Waals surface area contributed by atoms with Gasteiger partial charge in [-0.1, -0.05) is 24.3 Å². The summed E-state index contributed by atoms with van der Waals surface area (Å²) in [6, 6.07) is 17.1. The summed E-state index contributed by atoms with van der Waals surface area (Å²) in [5.74, 6) is -0.188. The Hall–Kier alpha value is -2.70. The minimum Gasteiger partial charge on any atom is -0.399 e. The van der Waals surface area contributed by atoms with Crippen molar-refractivity contribution in [2.24, 2.45) is 5.73 Å². The number of benzene rings is 2. The molecule has 0 aliphatic rings. The molecule has 0 unspecified atom stereocenters. The number of fused-ring (bicyclic) bond motifs is 1. The highest BCUT2D eigenvalue weighted by Crippen LogP contribution is 2.24. The molecule has 3 rings (SSSR count). The number of anilines is 1. The monoisotopic (exact) mass is 340 g/mol. The van der Waals surface area contributed by atoms with Crippen LogP contribution in [0.3, 0.4) is 0 Å². The van der Waals surface area contributed by atoms with Gasteiger partial charge in [0.1, 0.15) is 0 Å². The molecule has 1 heterocycles. The summed E-state index contributed by atoms with van der Waals surface area (Å²) in [7, 11) is 0. The van der Waals surface area contributed by atoms with Gasteiger partial charge in [-0.2, -0.15) is 0 Å². The molecule has 0 spiro atoms. The fraction of sp³-hybridized carbons (Fsp3) is 0.111. The van der Waals surface area contributed by atoms with E-state index in [0.29, 0.717) is 17.8 Å². The van der Waals surface area contributed by atoms with Crippen LogP contribution in [-0.4, -0.2) is 11.7 Å². The van der Waals surface area contributed by atoms with Gasteiger partial charge in [0.2, 0.25) is 0 Å². The number of nitrogens with two attached hydrogens (primary N) is 2. The van der Waals surface area contributed by atoms with Crippen LogP contribution in [0, 0.1) is 5.41 Å². The van der Waals surface area contributed by atoms with E-state index in [1.165, 1.54) is 21.9 Å². The molecule has 3 aromatic rings. The second-order valence-electron chi connectivity index (χ2n) is 5.16. The molecule has 6 heteroatoms. The van der Waals surface area contributed by atoms with E-state index in [4.69, 9.17) is 16.9 Å². The number of carbonyl (C=O) groups excluding carboxylic acids is 1. The van der Waals surface area contributed by atoms with Gasteiger partial charge in [0.25, 0.3) is 5.91 Å². The van der Waals surface area contributed by atoms with E-state index in [0.717, 1.165) is 0 Å². The van der Waals surface area contributed by atoms with Crippen LogP contribution < -0.4 is 16.8 Å². The van der Waals surface area contributed by atoms with Gasteiger partial charge in [-0.3, -0.25) is 10.2 Å². The molecule has 0 saturated heterocycles. The SMILES string of the molecule is CC(=N)NC(=O)c1cccc(N)c1.NCc1cc2ccccc2s1. The van der Waals surface area contributed by atoms with Crippen molar-refractivity contribution in [2.45, 2.75) is 13.5 Å². The van der Waals surface area contributed by atoms with E-state index in [1.54, 1.807) is 35.6 Å². The largest absolute Gasteiger partial charge is 0.399 e. The molecule has 0 atom stereocenters. The number of nitrogen functional groups attached to an aromatic ring is 1. The molecule has 0 aliphatic carbocycles. The zero-order valence-electron chi connectivity index (χ0n) is 13.4. The van der Waals surface area contributed by atoms with Crippen molar-refractivity contribution >= 4 is 38.9 Å². The topological polar surface area (TPSA) is 105 Å². The Labute approximate surface area is 144 Å². The summed E-state index contributed by atoms with van der Waals surface area (Å²) in [5, 5.41) is 10.7. The Kier molecular flexibility index (Phi) is 6.06. The molecular formula is C18H20N4OS. The minimum atomic E-state index is -0.306. The molecule has 0 fully saturated rings. The lowest BCUT2D eigenvalue weighted by atomic mass is 10.2. The van der Waals surface area contributed by atoms with Crippen molar-refractivity contribution in [3.05, 3.63) is 65.0 Å². The number of carbonyl (C=O) groups is 1. The molecule has 0 bridgehead atoms. The fourth-order valence-corrected chi connectivity index (χ4v) is 3.00. The molecule has 5 nitrogen and oxygen atoms in total. The highest BCUT2D eigenvalue weighted by atomic mass is 32.1. The van der Waals surface area contributed by atoms with Gasteiger partial charge in [-0.15, -0.1) is 11.3 Å². The lowest BCUT2D eigenvalue weighted by molar-refractivity contribution is 0.0976. The van der Waals surface area contributed by atoms with Crippen LogP contribution in [0.2, 0.25) is 0 Å². The van der Waals surface area contributed by atoms with Crippen LogP contribution in [0.4, 0.5) is 5.69 Å². The van der Waals surface area contributed by atoms with E-state index in [9.17, 15) is 4.79 Å². The van der Waals surface area contributed by atoms with Crippen molar-refractivity contribution in [2.75, 3.05) is 5.73 Å². The third-order valence-corrected chi connectivity index (χ3v) is 4.27. The average Bonchev–Trinajstić information content (AvgIpc) is 2.98. The van der Waals surface area contributed by atoms with Gasteiger partial charge in [0, 0.05) is 27.4 Å². The molecule has 0 aliphatic heterocycles. The zero-order chi connectivity index (χ0) is 17.5. The average molecular weight is 340 g/mol. The van der Waals surface area contributed by atoms with Crippen LogP contribution in [0.15, 0.2) is 54.6 Å². The number of amides is 1. The lowest BCUT2D eigenvalue weighted by Gasteiger charge is -2.02. The minimum absolute atomic E-state index is 0.118. The summed E-state index contributed by atoms with van der Waals surface area (Å²) in [4.78, 5) is 12.6. The van der Waals surface area contributed by atoms with Crippen molar-refractivity contribution in [1.29, 1.82) is 5.41 Å². The highest BCUT2D eigenvalue weighted by Gasteiger charge is 2.04. The lowest BCUT2D eigenvalue weighted by Crippen LogP contribution is -2.27. The van der Waals surface area contributed by atoms with Gasteiger partial charge < -0.3 is 16.8 Å². The van der Waals surface area contributed by atoms with Crippen molar-refractivity contribution in [1.82, 2.24) is 5.32 Å². The van der Waals surface area contributed by atoms with Gasteiger partial charge in [-0.05, 0) is 42.6 Å². The van der Waals surface area contributed by atoms with E-state index >= 15 is 0 Å². The molecule has 124 valence electrons. The molecule has 1 aromatic heterocycles. The fourth-order valence-electron chi connectivity index (χ4n) is 2.06. The van der Waals surface area contributed by atoms with Crippen molar-refractivity contribution in [3.63, 3.8) is 0 Å². The summed E-state index contributed by atoms with van der Waals surface area (Å²) in [6.07, 6.45) is 0. The smallest absolute Gasteiger partial charge is 0.256 e. The quantitative estimate of drug-likeness (QED) is 0.326. The zero-order valence-corrected chi connectivity index (χ0v) is 14.2. The Morgan fingerprint density at radius 1 is 1.17 bits per heavy atom. The number of amidine groups is 1. The Bertz CT molecular complexity index is 824. The molecule has 6 N–H and O–H groups in total. The Morgan fingerprint density at radius 2 is 1.92 bits per heavy atom. The number of hydrogen-bond donors (Lipinski definition) is 4. The first-order chi connectivity index (χ1) is 11.5. The molecular weight excluding hydrogens is 320 g/mol. The van der Waals surface area contributed by atoms with E-state index in [-0.39, 0.29) is 11.7 Å². The number of hydrogen-bond acceptors (Lipinski definition) is 5. The van der Waals surface area contributed by atoms with Crippen LogP contribution in [0.5, 0.6) is 0 Å².